The topological polar surface area (TPSA) is 64.4 Å². The molecule has 0 spiro atoms. The predicted molar refractivity (Wildman–Crippen MR) is 65.0 cm³/mol. The Morgan fingerprint density at radius 2 is 2.22 bits per heavy atom. The number of nitrogen functional groups attached to an aromatic ring is 1. The number of halogens is 3. The first-order chi connectivity index (χ1) is 8.50. The maximum atomic E-state index is 11.7. The van der Waals surface area contributed by atoms with E-state index in [1.54, 1.807) is 6.07 Å². The van der Waals surface area contributed by atoms with Crippen LogP contribution in [0, 0.1) is 0 Å². The molecule has 0 aliphatic rings. The Labute approximate surface area is 108 Å². The molecule has 7 heteroatoms. The molecule has 0 fully saturated rings. The van der Waals surface area contributed by atoms with Gasteiger partial charge in [0.2, 0.25) is 0 Å². The summed E-state index contributed by atoms with van der Waals surface area (Å²) in [6.45, 7) is -0.512. The quantitative estimate of drug-likeness (QED) is 0.617. The zero-order chi connectivity index (χ0) is 13.5. The highest BCUT2D eigenvalue weighted by Gasteiger charge is 2.10. The summed E-state index contributed by atoms with van der Waals surface area (Å²) in [6.07, 6.45) is -2.51. The third kappa shape index (κ3) is 4.85. The van der Waals surface area contributed by atoms with Gasteiger partial charge in [-0.15, -0.1) is 0 Å². The minimum Gasteiger partial charge on any atom is -0.399 e. The number of anilines is 1. The summed E-state index contributed by atoms with van der Waals surface area (Å²) in [5, 5.41) is 2.77. The van der Waals surface area contributed by atoms with Crippen LogP contribution < -0.4 is 11.1 Å². The van der Waals surface area contributed by atoms with Gasteiger partial charge in [0.1, 0.15) is 6.61 Å². The molecule has 100 valence electrons. The van der Waals surface area contributed by atoms with E-state index in [1.165, 1.54) is 12.1 Å². The van der Waals surface area contributed by atoms with E-state index >= 15 is 0 Å². The molecule has 0 aliphatic carbocycles. The number of nitrogens with one attached hydrogen (secondary N) is 1. The Bertz CT molecular complexity index is 416. The van der Waals surface area contributed by atoms with Crippen LogP contribution in [0.5, 0.6) is 0 Å². The van der Waals surface area contributed by atoms with Crippen LogP contribution in [0.15, 0.2) is 18.2 Å². The van der Waals surface area contributed by atoms with Crippen LogP contribution in [0.2, 0.25) is 5.02 Å². The van der Waals surface area contributed by atoms with Crippen LogP contribution >= 0.6 is 11.6 Å². The standard InChI is InChI=1S/C11H13ClF2N2O2/c12-9-2-1-7(15)5-8(9)11(17)16-3-4-18-6-10(13)14/h1-2,5,10H,3-4,6,15H2,(H,16,17). The molecule has 0 unspecified atom stereocenters. The summed E-state index contributed by atoms with van der Waals surface area (Å²) in [6, 6.07) is 4.53. The average Bonchev–Trinajstić information content (AvgIpc) is 2.31. The first-order valence-corrected chi connectivity index (χ1v) is 5.57. The van der Waals surface area contributed by atoms with E-state index in [1.807, 2.05) is 0 Å². The predicted octanol–water partition coefficient (Wildman–Crippen LogP) is 1.93. The zero-order valence-corrected chi connectivity index (χ0v) is 10.2. The highest BCUT2D eigenvalue weighted by atomic mass is 35.5. The fraction of sp³-hybridized carbons (Fsp3) is 0.364. The fourth-order valence-electron chi connectivity index (χ4n) is 1.22. The lowest BCUT2D eigenvalue weighted by molar-refractivity contribution is 0.0188. The summed E-state index contributed by atoms with van der Waals surface area (Å²) in [7, 11) is 0. The molecule has 0 aromatic heterocycles. The number of carbonyl (C=O) groups is 1. The van der Waals surface area contributed by atoms with Gasteiger partial charge in [0.05, 0.1) is 17.2 Å². The Balaban J connectivity index is 2.39. The molecule has 0 atom stereocenters. The van der Waals surface area contributed by atoms with Gasteiger partial charge >= 0.3 is 0 Å². The highest BCUT2D eigenvalue weighted by molar-refractivity contribution is 6.34. The maximum Gasteiger partial charge on any atom is 0.261 e. The first kappa shape index (κ1) is 14.7. The smallest absolute Gasteiger partial charge is 0.261 e. The number of nitrogens with two attached hydrogens (primary N) is 1. The van der Waals surface area contributed by atoms with Crippen molar-refractivity contribution in [3.8, 4) is 0 Å². The Hall–Kier alpha value is -1.40. The molecule has 0 saturated heterocycles. The van der Waals surface area contributed by atoms with Gasteiger partial charge in [-0.3, -0.25) is 4.79 Å². The second kappa shape index (κ2) is 7.13. The minimum absolute atomic E-state index is 0.00994. The number of benzene rings is 1. The third-order valence-electron chi connectivity index (χ3n) is 2.01. The molecule has 1 rings (SSSR count). The molecule has 0 bridgehead atoms. The lowest BCUT2D eigenvalue weighted by Gasteiger charge is -2.08. The van der Waals surface area contributed by atoms with Gasteiger partial charge in [-0.25, -0.2) is 8.78 Å². The lowest BCUT2D eigenvalue weighted by Crippen LogP contribution is -2.28. The summed E-state index contributed by atoms with van der Waals surface area (Å²) < 4.78 is 28.1. The summed E-state index contributed by atoms with van der Waals surface area (Å²) in [4.78, 5) is 11.7. The van der Waals surface area contributed by atoms with Crippen molar-refractivity contribution in [2.75, 3.05) is 25.5 Å². The zero-order valence-electron chi connectivity index (χ0n) is 9.46. The second-order valence-electron chi connectivity index (χ2n) is 3.46. The highest BCUT2D eigenvalue weighted by Crippen LogP contribution is 2.18. The lowest BCUT2D eigenvalue weighted by atomic mass is 10.2. The number of ether oxygens (including phenoxy) is 1. The Morgan fingerprint density at radius 3 is 2.89 bits per heavy atom. The van der Waals surface area contributed by atoms with Crippen LogP contribution in [-0.4, -0.2) is 32.1 Å². The average molecular weight is 279 g/mol. The molecule has 0 radical (unpaired) electrons. The van der Waals surface area contributed by atoms with Crippen molar-refractivity contribution in [1.82, 2.24) is 5.32 Å². The van der Waals surface area contributed by atoms with Gasteiger partial charge < -0.3 is 15.8 Å². The van der Waals surface area contributed by atoms with Gasteiger partial charge in [-0.2, -0.15) is 0 Å². The third-order valence-corrected chi connectivity index (χ3v) is 2.34. The summed E-state index contributed by atoms with van der Waals surface area (Å²) >= 11 is 5.83. The van der Waals surface area contributed by atoms with Crippen LogP contribution in [0.4, 0.5) is 14.5 Å². The van der Waals surface area contributed by atoms with Crippen molar-refractivity contribution in [2.45, 2.75) is 6.43 Å². The molecular weight excluding hydrogens is 266 g/mol. The summed E-state index contributed by atoms with van der Waals surface area (Å²) in [5.74, 6) is -0.423. The molecular formula is C11H13ClF2N2O2. The van der Waals surface area contributed by atoms with Crippen molar-refractivity contribution in [2.24, 2.45) is 0 Å². The molecule has 0 saturated carbocycles. The normalized spacial score (nSPS) is 10.7. The van der Waals surface area contributed by atoms with Crippen molar-refractivity contribution in [3.05, 3.63) is 28.8 Å². The molecule has 1 aromatic rings. The largest absolute Gasteiger partial charge is 0.399 e. The fourth-order valence-corrected chi connectivity index (χ4v) is 1.42. The second-order valence-corrected chi connectivity index (χ2v) is 3.87. The van der Waals surface area contributed by atoms with E-state index in [0.717, 1.165) is 0 Å². The van der Waals surface area contributed by atoms with Gasteiger partial charge in [0.25, 0.3) is 12.3 Å². The van der Waals surface area contributed by atoms with E-state index in [9.17, 15) is 13.6 Å². The van der Waals surface area contributed by atoms with Crippen LogP contribution in [0.25, 0.3) is 0 Å². The van der Waals surface area contributed by atoms with Gasteiger partial charge in [-0.05, 0) is 18.2 Å². The maximum absolute atomic E-state index is 11.7. The minimum atomic E-state index is -2.51. The SMILES string of the molecule is Nc1ccc(Cl)c(C(=O)NCCOCC(F)F)c1. The van der Waals surface area contributed by atoms with E-state index < -0.39 is 18.9 Å². The molecule has 18 heavy (non-hydrogen) atoms. The number of hydrogen-bond acceptors (Lipinski definition) is 3. The van der Waals surface area contributed by atoms with E-state index in [-0.39, 0.29) is 23.7 Å². The monoisotopic (exact) mass is 278 g/mol. The van der Waals surface area contributed by atoms with Crippen LogP contribution in [-0.2, 0) is 4.74 Å². The molecule has 0 aliphatic heterocycles. The van der Waals surface area contributed by atoms with E-state index in [2.05, 4.69) is 10.1 Å². The number of alkyl halides is 2. The number of amides is 1. The number of hydrogen-bond donors (Lipinski definition) is 2. The molecule has 1 aromatic carbocycles. The molecule has 3 N–H and O–H groups in total. The van der Waals surface area contributed by atoms with Crippen LogP contribution in [0.1, 0.15) is 10.4 Å². The Morgan fingerprint density at radius 1 is 1.50 bits per heavy atom. The van der Waals surface area contributed by atoms with E-state index in [0.29, 0.717) is 5.69 Å². The Kier molecular flexibility index (Phi) is 5.80. The van der Waals surface area contributed by atoms with Crippen molar-refractivity contribution in [3.63, 3.8) is 0 Å². The molecule has 1 amide bonds. The van der Waals surface area contributed by atoms with Gasteiger partial charge in [0, 0.05) is 12.2 Å². The van der Waals surface area contributed by atoms with Crippen molar-refractivity contribution in [1.29, 1.82) is 0 Å². The van der Waals surface area contributed by atoms with Crippen molar-refractivity contribution < 1.29 is 18.3 Å². The van der Waals surface area contributed by atoms with E-state index in [4.69, 9.17) is 17.3 Å². The molecule has 0 heterocycles. The van der Waals surface area contributed by atoms with Crippen molar-refractivity contribution >= 4 is 23.2 Å². The van der Waals surface area contributed by atoms with Gasteiger partial charge in [-0.1, -0.05) is 11.6 Å². The number of rotatable bonds is 6. The molecule has 4 nitrogen and oxygen atoms in total. The first-order valence-electron chi connectivity index (χ1n) is 5.20. The summed E-state index contributed by atoms with van der Waals surface area (Å²) in [5.41, 5.74) is 6.18. The van der Waals surface area contributed by atoms with Crippen LogP contribution in [0.3, 0.4) is 0 Å². The number of carbonyl (C=O) groups excluding carboxylic acids is 1. The van der Waals surface area contributed by atoms with Gasteiger partial charge in [0.15, 0.2) is 0 Å².